The van der Waals surface area contributed by atoms with E-state index >= 15 is 0 Å². The first-order valence-electron chi connectivity index (χ1n) is 9.69. The molecule has 0 aliphatic carbocycles. The molecule has 0 fully saturated rings. The molecule has 3 aromatic rings. The Kier molecular flexibility index (Phi) is 5.37. The molecule has 2 heterocycles. The van der Waals surface area contributed by atoms with Crippen molar-refractivity contribution >= 4 is 23.3 Å². The van der Waals surface area contributed by atoms with Gasteiger partial charge in [-0.2, -0.15) is 18.3 Å². The van der Waals surface area contributed by atoms with Crippen molar-refractivity contribution < 1.29 is 27.5 Å². The highest BCUT2D eigenvalue weighted by Gasteiger charge is 2.35. The topological polar surface area (TPSA) is 85.2 Å². The molecule has 0 bridgehead atoms. The molecule has 0 radical (unpaired) electrons. The number of nitrogens with one attached hydrogen (secondary N) is 2. The van der Waals surface area contributed by atoms with Crippen molar-refractivity contribution in [3.05, 3.63) is 59.7 Å². The van der Waals surface area contributed by atoms with Gasteiger partial charge in [0.15, 0.2) is 0 Å². The fraction of sp³-hybridized carbons (Fsp3) is 0.227. The Bertz CT molecular complexity index is 1190. The predicted octanol–water partition coefficient (Wildman–Crippen LogP) is 4.41. The summed E-state index contributed by atoms with van der Waals surface area (Å²) in [5.41, 5.74) is 1.10. The van der Waals surface area contributed by atoms with Crippen LogP contribution in [0.2, 0.25) is 0 Å². The molecule has 0 saturated heterocycles. The van der Waals surface area contributed by atoms with Gasteiger partial charge in [-0.25, -0.2) is 4.68 Å². The summed E-state index contributed by atoms with van der Waals surface area (Å²) in [6.07, 6.45) is -4.73. The number of anilines is 2. The summed E-state index contributed by atoms with van der Waals surface area (Å²) < 4.78 is 45.5. The predicted molar refractivity (Wildman–Crippen MR) is 111 cm³/mol. The Morgan fingerprint density at radius 1 is 1.22 bits per heavy atom. The van der Waals surface area contributed by atoms with Gasteiger partial charge in [-0.3, -0.25) is 9.59 Å². The molecule has 0 saturated carbocycles. The number of alkyl halides is 3. The Morgan fingerprint density at radius 2 is 1.94 bits per heavy atom. The molecule has 10 heteroatoms. The number of methoxy groups -OCH3 is 1. The van der Waals surface area contributed by atoms with Gasteiger partial charge in [0.2, 0.25) is 11.8 Å². The van der Waals surface area contributed by atoms with Crippen molar-refractivity contribution in [3.8, 4) is 17.0 Å². The number of hydrogen-bond donors (Lipinski definition) is 2. The number of fused-ring (bicyclic) bond motifs is 1. The Labute approximate surface area is 181 Å². The van der Waals surface area contributed by atoms with E-state index in [4.69, 9.17) is 4.74 Å². The normalized spacial score (nSPS) is 15.7. The van der Waals surface area contributed by atoms with Crippen LogP contribution >= 0.6 is 0 Å². The molecule has 1 aliphatic rings. The number of aromatic nitrogens is 2. The number of rotatable bonds is 4. The van der Waals surface area contributed by atoms with E-state index in [0.29, 0.717) is 22.8 Å². The van der Waals surface area contributed by atoms with Crippen LogP contribution in [0.25, 0.3) is 11.3 Å². The van der Waals surface area contributed by atoms with E-state index in [2.05, 4.69) is 15.7 Å². The molecular formula is C22H19F3N4O3. The van der Waals surface area contributed by atoms with Gasteiger partial charge in [0.05, 0.1) is 24.8 Å². The quantitative estimate of drug-likeness (QED) is 0.624. The van der Waals surface area contributed by atoms with E-state index in [1.807, 2.05) is 0 Å². The van der Waals surface area contributed by atoms with E-state index < -0.39 is 23.7 Å². The smallest absolute Gasteiger partial charge is 0.416 e. The summed E-state index contributed by atoms with van der Waals surface area (Å²) in [7, 11) is 1.55. The zero-order valence-electron chi connectivity index (χ0n) is 17.2. The van der Waals surface area contributed by atoms with Crippen LogP contribution in [0.4, 0.5) is 24.7 Å². The van der Waals surface area contributed by atoms with Gasteiger partial charge in [0, 0.05) is 16.8 Å². The molecular weight excluding hydrogens is 425 g/mol. The monoisotopic (exact) mass is 444 g/mol. The number of carbonyl (C=O) groups is 2. The highest BCUT2D eigenvalue weighted by Crippen LogP contribution is 2.35. The fourth-order valence-electron chi connectivity index (χ4n) is 3.56. The van der Waals surface area contributed by atoms with Crippen molar-refractivity contribution in [2.75, 3.05) is 17.7 Å². The summed E-state index contributed by atoms with van der Waals surface area (Å²) >= 11 is 0. The zero-order valence-corrected chi connectivity index (χ0v) is 17.2. The standard InChI is InChI=1S/C22H19F3N4O3/c1-12-19(13-6-8-16(32-2)9-7-13)28-29-17(11-18(30)27-20(12)29)21(31)26-15-5-3-4-14(10-15)22(23,24)25/h3-10,17H,11H2,1-2H3,(H,26,31)(H,27,30)/t17-/m0/s1. The van der Waals surface area contributed by atoms with Crippen LogP contribution in [0.5, 0.6) is 5.75 Å². The first-order chi connectivity index (χ1) is 15.2. The highest BCUT2D eigenvalue weighted by molar-refractivity contribution is 6.02. The minimum atomic E-state index is -4.54. The first kappa shape index (κ1) is 21.4. The third-order valence-electron chi connectivity index (χ3n) is 5.20. The number of benzene rings is 2. The molecule has 2 N–H and O–H groups in total. The van der Waals surface area contributed by atoms with Crippen LogP contribution in [0.1, 0.15) is 23.6 Å². The Hall–Kier alpha value is -3.82. The van der Waals surface area contributed by atoms with Crippen LogP contribution in [0.3, 0.4) is 0 Å². The molecule has 0 spiro atoms. The number of halogens is 3. The lowest BCUT2D eigenvalue weighted by Crippen LogP contribution is -2.36. The Balaban J connectivity index is 1.65. The van der Waals surface area contributed by atoms with Crippen LogP contribution in [-0.2, 0) is 15.8 Å². The molecule has 1 aromatic heterocycles. The van der Waals surface area contributed by atoms with E-state index in [1.165, 1.54) is 16.8 Å². The summed E-state index contributed by atoms with van der Waals surface area (Å²) in [5.74, 6) is 0.0217. The number of hydrogen-bond acceptors (Lipinski definition) is 4. The maximum Gasteiger partial charge on any atom is 0.416 e. The van der Waals surface area contributed by atoms with Gasteiger partial charge in [0.25, 0.3) is 0 Å². The third-order valence-corrected chi connectivity index (χ3v) is 5.20. The van der Waals surface area contributed by atoms with Crippen molar-refractivity contribution in [1.29, 1.82) is 0 Å². The number of amides is 2. The second-order valence-electron chi connectivity index (χ2n) is 7.33. The van der Waals surface area contributed by atoms with Gasteiger partial charge in [-0.1, -0.05) is 6.07 Å². The Morgan fingerprint density at radius 3 is 2.59 bits per heavy atom. The van der Waals surface area contributed by atoms with Crippen LogP contribution < -0.4 is 15.4 Å². The third kappa shape index (κ3) is 4.03. The van der Waals surface area contributed by atoms with Crippen molar-refractivity contribution in [3.63, 3.8) is 0 Å². The number of ether oxygens (including phenoxy) is 1. The number of nitrogens with zero attached hydrogens (tertiary/aromatic N) is 2. The van der Waals surface area contributed by atoms with Gasteiger partial charge < -0.3 is 15.4 Å². The molecule has 166 valence electrons. The van der Waals surface area contributed by atoms with Crippen LogP contribution in [-0.4, -0.2) is 28.7 Å². The van der Waals surface area contributed by atoms with Gasteiger partial charge >= 0.3 is 6.18 Å². The summed E-state index contributed by atoms with van der Waals surface area (Å²) in [5, 5.41) is 9.73. The van der Waals surface area contributed by atoms with Gasteiger partial charge in [-0.05, 0) is 49.4 Å². The lowest BCUT2D eigenvalue weighted by atomic mass is 10.1. The second-order valence-corrected chi connectivity index (χ2v) is 7.33. The van der Waals surface area contributed by atoms with Gasteiger partial charge in [0.1, 0.15) is 17.6 Å². The second kappa shape index (κ2) is 8.03. The minimum absolute atomic E-state index is 0.0170. The molecule has 0 unspecified atom stereocenters. The maximum atomic E-state index is 13.0. The first-order valence-corrected chi connectivity index (χ1v) is 9.69. The SMILES string of the molecule is COc1ccc(-c2nn3c(c2C)NC(=O)C[C@H]3C(=O)Nc2cccc(C(F)(F)F)c2)cc1. The van der Waals surface area contributed by atoms with Crippen LogP contribution in [0, 0.1) is 6.92 Å². The summed E-state index contributed by atoms with van der Waals surface area (Å²) in [4.78, 5) is 25.2. The molecule has 32 heavy (non-hydrogen) atoms. The van der Waals surface area contributed by atoms with Gasteiger partial charge in [-0.15, -0.1) is 0 Å². The molecule has 2 amide bonds. The average Bonchev–Trinajstić information content (AvgIpc) is 3.09. The van der Waals surface area contributed by atoms with Crippen LogP contribution in [0.15, 0.2) is 48.5 Å². The lowest BCUT2D eigenvalue weighted by molar-refractivity contribution is -0.137. The van der Waals surface area contributed by atoms with E-state index in [9.17, 15) is 22.8 Å². The molecule has 7 nitrogen and oxygen atoms in total. The van der Waals surface area contributed by atoms with E-state index in [0.717, 1.165) is 17.7 Å². The fourth-order valence-corrected chi connectivity index (χ4v) is 3.56. The van der Waals surface area contributed by atoms with E-state index in [-0.39, 0.29) is 18.0 Å². The average molecular weight is 444 g/mol. The summed E-state index contributed by atoms with van der Waals surface area (Å²) in [6, 6.07) is 10.5. The van der Waals surface area contributed by atoms with Crippen molar-refractivity contribution in [2.45, 2.75) is 25.6 Å². The van der Waals surface area contributed by atoms with Crippen molar-refractivity contribution in [1.82, 2.24) is 9.78 Å². The molecule has 4 rings (SSSR count). The lowest BCUT2D eigenvalue weighted by Gasteiger charge is -2.24. The highest BCUT2D eigenvalue weighted by atomic mass is 19.4. The molecule has 1 atom stereocenters. The minimum Gasteiger partial charge on any atom is -0.497 e. The molecule has 2 aromatic carbocycles. The summed E-state index contributed by atoms with van der Waals surface area (Å²) in [6.45, 7) is 1.77. The largest absolute Gasteiger partial charge is 0.497 e. The molecule has 1 aliphatic heterocycles. The number of carbonyl (C=O) groups excluding carboxylic acids is 2. The zero-order chi connectivity index (χ0) is 23.0. The van der Waals surface area contributed by atoms with Crippen molar-refractivity contribution in [2.24, 2.45) is 0 Å². The maximum absolute atomic E-state index is 13.0. The van der Waals surface area contributed by atoms with E-state index in [1.54, 1.807) is 38.3 Å².